The van der Waals surface area contributed by atoms with E-state index in [4.69, 9.17) is 4.99 Å². The van der Waals surface area contributed by atoms with Crippen molar-refractivity contribution >= 4 is 29.9 Å². The van der Waals surface area contributed by atoms with Gasteiger partial charge in [-0.3, -0.25) is 4.99 Å². The molecular formula is C17H28FIN4O. The van der Waals surface area contributed by atoms with Crippen molar-refractivity contribution in [3.63, 3.8) is 0 Å². The van der Waals surface area contributed by atoms with Gasteiger partial charge in [0.1, 0.15) is 5.82 Å². The maximum absolute atomic E-state index is 13.1. The molecule has 5 nitrogen and oxygen atoms in total. The molecule has 0 bridgehead atoms. The summed E-state index contributed by atoms with van der Waals surface area (Å²) < 4.78 is 13.1. The molecule has 2 N–H and O–H groups in total. The SMILES string of the molecule is CCNC(=NCC(c1ccc(F)cc1)N(C)C)N1CC[C@@H](O)C1.I. The number of aliphatic imine (C=N–C) groups is 1. The first-order chi connectivity index (χ1) is 11.0. The van der Waals surface area contributed by atoms with E-state index in [2.05, 4.69) is 15.1 Å². The van der Waals surface area contributed by atoms with Crippen LogP contribution in [0.25, 0.3) is 0 Å². The van der Waals surface area contributed by atoms with Gasteiger partial charge in [0, 0.05) is 19.6 Å². The molecule has 2 atom stereocenters. The maximum Gasteiger partial charge on any atom is 0.194 e. The fraction of sp³-hybridized carbons (Fsp3) is 0.588. The van der Waals surface area contributed by atoms with Crippen LogP contribution in [-0.2, 0) is 0 Å². The van der Waals surface area contributed by atoms with E-state index < -0.39 is 0 Å². The van der Waals surface area contributed by atoms with Gasteiger partial charge in [-0.1, -0.05) is 12.1 Å². The summed E-state index contributed by atoms with van der Waals surface area (Å²) >= 11 is 0. The highest BCUT2D eigenvalue weighted by molar-refractivity contribution is 14.0. The summed E-state index contributed by atoms with van der Waals surface area (Å²) in [5.74, 6) is 0.604. The topological polar surface area (TPSA) is 51.1 Å². The van der Waals surface area contributed by atoms with Crippen LogP contribution in [0, 0.1) is 5.82 Å². The van der Waals surface area contributed by atoms with E-state index in [1.165, 1.54) is 12.1 Å². The molecule has 0 aliphatic carbocycles. The Morgan fingerprint density at radius 3 is 2.58 bits per heavy atom. The minimum Gasteiger partial charge on any atom is -0.391 e. The van der Waals surface area contributed by atoms with Crippen LogP contribution >= 0.6 is 24.0 Å². The zero-order valence-electron chi connectivity index (χ0n) is 14.6. The molecule has 1 fully saturated rings. The van der Waals surface area contributed by atoms with E-state index in [1.807, 2.05) is 33.2 Å². The minimum atomic E-state index is -0.277. The Morgan fingerprint density at radius 1 is 1.42 bits per heavy atom. The summed E-state index contributed by atoms with van der Waals surface area (Å²) in [6.07, 6.45) is 0.500. The predicted molar refractivity (Wildman–Crippen MR) is 106 cm³/mol. The second-order valence-corrected chi connectivity index (χ2v) is 6.11. The lowest BCUT2D eigenvalue weighted by Gasteiger charge is -2.25. The molecule has 136 valence electrons. The molecule has 0 aromatic heterocycles. The molecule has 0 radical (unpaired) electrons. The summed E-state index contributed by atoms with van der Waals surface area (Å²) in [7, 11) is 3.99. The average molecular weight is 450 g/mol. The Bertz CT molecular complexity index is 524. The molecule has 2 rings (SSSR count). The van der Waals surface area contributed by atoms with E-state index in [1.54, 1.807) is 0 Å². The molecule has 1 aromatic rings. The van der Waals surface area contributed by atoms with Crippen molar-refractivity contribution in [3.8, 4) is 0 Å². The summed E-state index contributed by atoms with van der Waals surface area (Å²) in [6, 6.07) is 6.66. The van der Waals surface area contributed by atoms with Gasteiger partial charge in [0.05, 0.1) is 18.7 Å². The number of hydrogen-bond acceptors (Lipinski definition) is 3. The number of guanidine groups is 1. The number of nitrogens with zero attached hydrogens (tertiary/aromatic N) is 3. The Hall–Kier alpha value is -0.930. The Kier molecular flexibility index (Phi) is 8.93. The van der Waals surface area contributed by atoms with Crippen LogP contribution in [0.5, 0.6) is 0 Å². The predicted octanol–water partition coefficient (Wildman–Crippen LogP) is 2.08. The van der Waals surface area contributed by atoms with Gasteiger partial charge < -0.3 is 20.2 Å². The van der Waals surface area contributed by atoms with E-state index in [0.29, 0.717) is 13.1 Å². The van der Waals surface area contributed by atoms with Crippen LogP contribution in [0.3, 0.4) is 0 Å². The van der Waals surface area contributed by atoms with Crippen molar-refractivity contribution in [1.29, 1.82) is 0 Å². The molecule has 1 heterocycles. The highest BCUT2D eigenvalue weighted by atomic mass is 127. The highest BCUT2D eigenvalue weighted by Gasteiger charge is 2.23. The second kappa shape index (κ2) is 10.1. The number of benzene rings is 1. The largest absolute Gasteiger partial charge is 0.391 e. The Balaban J connectivity index is 0.00000288. The monoisotopic (exact) mass is 450 g/mol. The van der Waals surface area contributed by atoms with Crippen LogP contribution in [0.1, 0.15) is 24.9 Å². The number of likely N-dealkylation sites (N-methyl/N-ethyl adjacent to an activating group) is 1. The highest BCUT2D eigenvalue weighted by Crippen LogP contribution is 2.19. The van der Waals surface area contributed by atoms with Crippen molar-refractivity contribution < 1.29 is 9.50 Å². The van der Waals surface area contributed by atoms with E-state index >= 15 is 0 Å². The summed E-state index contributed by atoms with van der Waals surface area (Å²) in [6.45, 7) is 4.83. The van der Waals surface area contributed by atoms with Crippen molar-refractivity contribution in [1.82, 2.24) is 15.1 Å². The van der Waals surface area contributed by atoms with E-state index in [-0.39, 0.29) is 41.9 Å². The zero-order valence-corrected chi connectivity index (χ0v) is 16.9. The number of likely N-dealkylation sites (tertiary alicyclic amines) is 1. The number of rotatable bonds is 5. The zero-order chi connectivity index (χ0) is 16.8. The fourth-order valence-electron chi connectivity index (χ4n) is 2.78. The van der Waals surface area contributed by atoms with Gasteiger partial charge in [-0.05, 0) is 45.1 Å². The third-order valence-electron chi connectivity index (χ3n) is 4.09. The molecule has 1 aliphatic rings. The molecule has 0 amide bonds. The Morgan fingerprint density at radius 2 is 2.08 bits per heavy atom. The van der Waals surface area contributed by atoms with Crippen LogP contribution < -0.4 is 5.32 Å². The van der Waals surface area contributed by atoms with Crippen molar-refractivity contribution in [2.45, 2.75) is 25.5 Å². The number of halogens is 2. The van der Waals surface area contributed by atoms with Crippen LogP contribution in [0.15, 0.2) is 29.3 Å². The standard InChI is InChI=1S/C17H27FN4O.HI/c1-4-19-17(22-10-9-15(23)12-22)20-11-16(21(2)3)13-5-7-14(18)8-6-13;/h5-8,15-16,23H,4,9-12H2,1-3H3,(H,19,20);1H/t15-,16?;/m1./s1. The first kappa shape index (κ1) is 21.1. The first-order valence-electron chi connectivity index (χ1n) is 8.14. The molecule has 1 aromatic carbocycles. The van der Waals surface area contributed by atoms with Gasteiger partial charge >= 0.3 is 0 Å². The number of aliphatic hydroxyl groups excluding tert-OH is 1. The van der Waals surface area contributed by atoms with Crippen LogP contribution in [0.4, 0.5) is 4.39 Å². The first-order valence-corrected chi connectivity index (χ1v) is 8.14. The summed E-state index contributed by atoms with van der Waals surface area (Å²) in [5.41, 5.74) is 1.04. The molecule has 1 saturated heterocycles. The molecule has 1 aliphatic heterocycles. The maximum atomic E-state index is 13.1. The summed E-state index contributed by atoms with van der Waals surface area (Å²) in [4.78, 5) is 8.91. The van der Waals surface area contributed by atoms with Crippen LogP contribution in [-0.4, -0.2) is 67.2 Å². The quantitative estimate of drug-likeness (QED) is 0.410. The van der Waals surface area contributed by atoms with Gasteiger partial charge in [-0.15, -0.1) is 24.0 Å². The van der Waals surface area contributed by atoms with Gasteiger partial charge in [-0.25, -0.2) is 4.39 Å². The van der Waals surface area contributed by atoms with Crippen molar-refractivity contribution in [3.05, 3.63) is 35.6 Å². The second-order valence-electron chi connectivity index (χ2n) is 6.11. The summed E-state index contributed by atoms with van der Waals surface area (Å²) in [5, 5.41) is 13.0. The van der Waals surface area contributed by atoms with E-state index in [9.17, 15) is 9.50 Å². The smallest absolute Gasteiger partial charge is 0.194 e. The normalized spacial score (nSPS) is 19.3. The Labute approximate surface area is 161 Å². The molecule has 1 unspecified atom stereocenters. The van der Waals surface area contributed by atoms with Crippen molar-refractivity contribution in [2.75, 3.05) is 40.3 Å². The molecule has 0 saturated carbocycles. The van der Waals surface area contributed by atoms with Gasteiger partial charge in [0.25, 0.3) is 0 Å². The van der Waals surface area contributed by atoms with E-state index in [0.717, 1.165) is 31.0 Å². The molecule has 24 heavy (non-hydrogen) atoms. The third kappa shape index (κ3) is 5.86. The van der Waals surface area contributed by atoms with Crippen molar-refractivity contribution in [2.24, 2.45) is 4.99 Å². The lowest BCUT2D eigenvalue weighted by Crippen LogP contribution is -2.41. The number of nitrogens with one attached hydrogen (secondary N) is 1. The fourth-order valence-corrected chi connectivity index (χ4v) is 2.78. The molecule has 7 heteroatoms. The van der Waals surface area contributed by atoms with Crippen LogP contribution in [0.2, 0.25) is 0 Å². The lowest BCUT2D eigenvalue weighted by molar-refractivity contribution is 0.187. The van der Waals surface area contributed by atoms with Gasteiger partial charge in [0.2, 0.25) is 0 Å². The lowest BCUT2D eigenvalue weighted by atomic mass is 10.1. The third-order valence-corrected chi connectivity index (χ3v) is 4.09. The van der Waals surface area contributed by atoms with Gasteiger partial charge in [-0.2, -0.15) is 0 Å². The number of aliphatic hydroxyl groups is 1. The average Bonchev–Trinajstić information content (AvgIpc) is 2.94. The minimum absolute atomic E-state index is 0. The van der Waals surface area contributed by atoms with Gasteiger partial charge in [0.15, 0.2) is 5.96 Å². The molecular weight excluding hydrogens is 422 g/mol. The number of hydrogen-bond donors (Lipinski definition) is 2. The number of β-amino-alcohol motifs (C(OH)–C–C–N with tert-alkyl or cyclic N) is 1. The molecule has 0 spiro atoms.